The lowest BCUT2D eigenvalue weighted by molar-refractivity contribution is -0.123. The predicted octanol–water partition coefficient (Wildman–Crippen LogP) is 3.09. The van der Waals surface area contributed by atoms with E-state index >= 15 is 0 Å². The standard InChI is InChI=1S/C23H29N3O3.ClH/c1-23(12-14-24-15-13-23)16-25-22(28)20(17-6-4-3-5-7-17)26-21(27)18-8-10-19(29-2)11-9-18;/h3-11,20,24H,12-16H2,1-2H3,(H,25,28)(H,26,27);1H. The van der Waals surface area contributed by atoms with Gasteiger partial charge in [-0.3, -0.25) is 9.59 Å². The van der Waals surface area contributed by atoms with Crippen molar-refractivity contribution in [3.8, 4) is 5.75 Å². The zero-order chi connectivity index (χ0) is 20.7. The molecule has 30 heavy (non-hydrogen) atoms. The maximum absolute atomic E-state index is 13.0. The minimum absolute atomic E-state index is 0. The number of nitrogens with one attached hydrogen (secondary N) is 3. The van der Waals surface area contributed by atoms with E-state index in [1.165, 1.54) is 0 Å². The molecule has 0 bridgehead atoms. The Morgan fingerprint density at radius 3 is 2.30 bits per heavy atom. The molecule has 1 saturated heterocycles. The molecule has 1 heterocycles. The van der Waals surface area contributed by atoms with E-state index in [9.17, 15) is 9.59 Å². The van der Waals surface area contributed by atoms with Crippen LogP contribution in [0.2, 0.25) is 0 Å². The largest absolute Gasteiger partial charge is 0.497 e. The Kier molecular flexibility index (Phi) is 8.69. The predicted molar refractivity (Wildman–Crippen MR) is 120 cm³/mol. The number of methoxy groups -OCH3 is 1. The van der Waals surface area contributed by atoms with Gasteiger partial charge in [0.2, 0.25) is 5.91 Å². The molecule has 162 valence electrons. The van der Waals surface area contributed by atoms with Gasteiger partial charge in [-0.2, -0.15) is 0 Å². The number of benzene rings is 2. The average molecular weight is 432 g/mol. The quantitative estimate of drug-likeness (QED) is 0.629. The summed E-state index contributed by atoms with van der Waals surface area (Å²) in [5, 5.41) is 9.30. The van der Waals surface area contributed by atoms with E-state index in [1.54, 1.807) is 31.4 Å². The number of piperidine rings is 1. The van der Waals surface area contributed by atoms with Gasteiger partial charge in [0, 0.05) is 12.1 Å². The summed E-state index contributed by atoms with van der Waals surface area (Å²) in [7, 11) is 1.58. The molecule has 1 atom stereocenters. The molecule has 2 aromatic rings. The van der Waals surface area contributed by atoms with Gasteiger partial charge in [0.25, 0.3) is 5.91 Å². The Hall–Kier alpha value is -2.57. The van der Waals surface area contributed by atoms with Crippen LogP contribution < -0.4 is 20.7 Å². The Balaban J connectivity index is 0.00000320. The summed E-state index contributed by atoms with van der Waals surface area (Å²) in [6, 6.07) is 15.4. The average Bonchev–Trinajstić information content (AvgIpc) is 2.77. The SMILES string of the molecule is COc1ccc(C(=O)NC(C(=O)NCC2(C)CCNCC2)c2ccccc2)cc1.Cl. The molecule has 7 heteroatoms. The monoisotopic (exact) mass is 431 g/mol. The van der Waals surface area contributed by atoms with Crippen molar-refractivity contribution in [3.63, 3.8) is 0 Å². The van der Waals surface area contributed by atoms with E-state index in [2.05, 4.69) is 22.9 Å². The molecule has 6 nitrogen and oxygen atoms in total. The number of rotatable bonds is 7. The highest BCUT2D eigenvalue weighted by Crippen LogP contribution is 2.27. The van der Waals surface area contributed by atoms with Crippen molar-refractivity contribution >= 4 is 24.2 Å². The molecule has 0 saturated carbocycles. The zero-order valence-corrected chi connectivity index (χ0v) is 18.3. The molecule has 1 unspecified atom stereocenters. The number of amides is 2. The second-order valence-corrected chi connectivity index (χ2v) is 7.82. The lowest BCUT2D eigenvalue weighted by Gasteiger charge is -2.34. The van der Waals surface area contributed by atoms with E-state index < -0.39 is 6.04 Å². The smallest absolute Gasteiger partial charge is 0.252 e. The molecule has 0 spiro atoms. The van der Waals surface area contributed by atoms with Crippen LogP contribution in [0.1, 0.15) is 41.7 Å². The van der Waals surface area contributed by atoms with Crippen LogP contribution in [0, 0.1) is 5.41 Å². The fourth-order valence-corrected chi connectivity index (χ4v) is 3.51. The summed E-state index contributed by atoms with van der Waals surface area (Å²) in [5.41, 5.74) is 1.30. The molecule has 0 aromatic heterocycles. The summed E-state index contributed by atoms with van der Waals surface area (Å²) in [6.45, 7) is 4.71. The van der Waals surface area contributed by atoms with Gasteiger partial charge in [-0.05, 0) is 61.2 Å². The highest BCUT2D eigenvalue weighted by molar-refractivity contribution is 5.98. The highest BCUT2D eigenvalue weighted by Gasteiger charge is 2.29. The Morgan fingerprint density at radius 2 is 1.70 bits per heavy atom. The van der Waals surface area contributed by atoms with Crippen LogP contribution in [0.4, 0.5) is 0 Å². The van der Waals surface area contributed by atoms with Gasteiger partial charge in [-0.15, -0.1) is 12.4 Å². The lowest BCUT2D eigenvalue weighted by Crippen LogP contribution is -2.46. The molecular weight excluding hydrogens is 402 g/mol. The third kappa shape index (κ3) is 6.21. The first kappa shape index (κ1) is 23.7. The topological polar surface area (TPSA) is 79.5 Å². The van der Waals surface area contributed by atoms with Crippen LogP contribution in [0.15, 0.2) is 54.6 Å². The number of hydrogen-bond acceptors (Lipinski definition) is 4. The first-order valence-corrected chi connectivity index (χ1v) is 9.99. The number of ether oxygens (including phenoxy) is 1. The fraction of sp³-hybridized carbons (Fsp3) is 0.391. The fourth-order valence-electron chi connectivity index (χ4n) is 3.51. The number of carbonyl (C=O) groups is 2. The summed E-state index contributed by atoms with van der Waals surface area (Å²) in [4.78, 5) is 25.8. The second-order valence-electron chi connectivity index (χ2n) is 7.82. The van der Waals surface area contributed by atoms with Crippen molar-refractivity contribution in [2.24, 2.45) is 5.41 Å². The number of hydrogen-bond donors (Lipinski definition) is 3. The van der Waals surface area contributed by atoms with Gasteiger partial charge in [0.1, 0.15) is 11.8 Å². The van der Waals surface area contributed by atoms with Crippen molar-refractivity contribution < 1.29 is 14.3 Å². The number of carbonyl (C=O) groups excluding carboxylic acids is 2. The van der Waals surface area contributed by atoms with Gasteiger partial charge in [0.05, 0.1) is 7.11 Å². The minimum Gasteiger partial charge on any atom is -0.497 e. The molecular formula is C23H30ClN3O3. The van der Waals surface area contributed by atoms with Gasteiger partial charge in [-0.1, -0.05) is 37.3 Å². The van der Waals surface area contributed by atoms with Crippen molar-refractivity contribution in [2.75, 3.05) is 26.7 Å². The van der Waals surface area contributed by atoms with Crippen LogP contribution in [0.5, 0.6) is 5.75 Å². The third-order valence-corrected chi connectivity index (χ3v) is 5.52. The van der Waals surface area contributed by atoms with Gasteiger partial charge in [-0.25, -0.2) is 0 Å². The van der Waals surface area contributed by atoms with E-state index in [1.807, 2.05) is 30.3 Å². The molecule has 2 aromatic carbocycles. The van der Waals surface area contributed by atoms with Crippen LogP contribution in [-0.2, 0) is 4.79 Å². The molecule has 0 aliphatic carbocycles. The Morgan fingerprint density at radius 1 is 1.07 bits per heavy atom. The third-order valence-electron chi connectivity index (χ3n) is 5.52. The molecule has 3 rings (SSSR count). The Labute approximate surface area is 184 Å². The minimum atomic E-state index is -0.754. The summed E-state index contributed by atoms with van der Waals surface area (Å²) >= 11 is 0. The maximum Gasteiger partial charge on any atom is 0.252 e. The normalized spacial score (nSPS) is 15.9. The van der Waals surface area contributed by atoms with Crippen molar-refractivity contribution in [3.05, 3.63) is 65.7 Å². The first-order chi connectivity index (χ1) is 14.0. The van der Waals surface area contributed by atoms with Gasteiger partial charge < -0.3 is 20.7 Å². The summed E-state index contributed by atoms with van der Waals surface area (Å²) in [5.74, 6) is 0.177. The van der Waals surface area contributed by atoms with Gasteiger partial charge in [0.15, 0.2) is 0 Å². The van der Waals surface area contributed by atoms with Crippen LogP contribution in [0.25, 0.3) is 0 Å². The van der Waals surface area contributed by atoms with E-state index in [0.717, 1.165) is 31.5 Å². The van der Waals surface area contributed by atoms with Crippen molar-refractivity contribution in [2.45, 2.75) is 25.8 Å². The second kappa shape index (κ2) is 11.0. The molecule has 1 aliphatic heterocycles. The van der Waals surface area contributed by atoms with E-state index in [4.69, 9.17) is 4.74 Å². The van der Waals surface area contributed by atoms with Crippen LogP contribution in [0.3, 0.4) is 0 Å². The maximum atomic E-state index is 13.0. The number of halogens is 1. The molecule has 1 fully saturated rings. The summed E-state index contributed by atoms with van der Waals surface area (Å²) in [6.07, 6.45) is 2.03. The molecule has 2 amide bonds. The van der Waals surface area contributed by atoms with Crippen LogP contribution in [-0.4, -0.2) is 38.6 Å². The van der Waals surface area contributed by atoms with Gasteiger partial charge >= 0.3 is 0 Å². The lowest BCUT2D eigenvalue weighted by atomic mass is 9.81. The van der Waals surface area contributed by atoms with E-state index in [0.29, 0.717) is 17.9 Å². The highest BCUT2D eigenvalue weighted by atomic mass is 35.5. The first-order valence-electron chi connectivity index (χ1n) is 9.99. The zero-order valence-electron chi connectivity index (χ0n) is 17.4. The Bertz CT molecular complexity index is 821. The van der Waals surface area contributed by atoms with Crippen LogP contribution >= 0.6 is 12.4 Å². The molecule has 3 N–H and O–H groups in total. The van der Waals surface area contributed by atoms with Crippen molar-refractivity contribution in [1.82, 2.24) is 16.0 Å². The molecule has 1 aliphatic rings. The van der Waals surface area contributed by atoms with Crippen molar-refractivity contribution in [1.29, 1.82) is 0 Å². The van der Waals surface area contributed by atoms with E-state index in [-0.39, 0.29) is 29.6 Å². The molecule has 0 radical (unpaired) electrons. The summed E-state index contributed by atoms with van der Waals surface area (Å²) < 4.78 is 5.14.